The fourth-order valence-corrected chi connectivity index (χ4v) is 1.52. The number of hydrogen-bond donors (Lipinski definition) is 2. The summed E-state index contributed by atoms with van der Waals surface area (Å²) in [5, 5.41) is 3.15. The number of hydrogen-bond acceptors (Lipinski definition) is 4. The molecule has 0 saturated heterocycles. The molecule has 0 saturated carbocycles. The van der Waals surface area contributed by atoms with E-state index < -0.39 is 9.04 Å². The maximum absolute atomic E-state index is 10.6. The molecular weight excluding hydrogens is 238 g/mol. The molecule has 4 nitrogen and oxygen atoms in total. The van der Waals surface area contributed by atoms with Crippen LogP contribution in [0.1, 0.15) is 6.42 Å². The van der Waals surface area contributed by atoms with Crippen LogP contribution in [0.15, 0.2) is 0 Å². The van der Waals surface area contributed by atoms with Gasteiger partial charge < -0.3 is 21.3 Å². The normalized spacial score (nSPS) is 10.4. The second-order valence-electron chi connectivity index (χ2n) is 2.49. The van der Waals surface area contributed by atoms with Crippen LogP contribution in [0.2, 0.25) is 12.6 Å². The average Bonchev–Trinajstić information content (AvgIpc) is 1.87. The van der Waals surface area contributed by atoms with Gasteiger partial charge in [-0.15, -0.1) is 0 Å². The van der Waals surface area contributed by atoms with Crippen molar-refractivity contribution in [2.75, 3.05) is 19.6 Å². The van der Waals surface area contributed by atoms with E-state index in [2.05, 4.69) is 5.32 Å². The van der Waals surface area contributed by atoms with Gasteiger partial charge in [-0.3, -0.25) is 0 Å². The van der Waals surface area contributed by atoms with Gasteiger partial charge in [0, 0.05) is 13.1 Å². The zero-order valence-electron chi connectivity index (χ0n) is 9.05. The van der Waals surface area contributed by atoms with Gasteiger partial charge in [0.05, 0.1) is 0 Å². The third-order valence-corrected chi connectivity index (χ3v) is 2.51. The molecule has 0 radical (unpaired) electrons. The molecule has 4 N–H and O–H groups in total. The van der Waals surface area contributed by atoms with Crippen molar-refractivity contribution in [3.05, 3.63) is 0 Å². The third kappa shape index (κ3) is 25.5. The van der Waals surface area contributed by atoms with Gasteiger partial charge in [0.1, 0.15) is 0 Å². The summed E-state index contributed by atoms with van der Waals surface area (Å²) in [6, 6.07) is 0.900. The molecule has 0 aromatic heterocycles. The average molecular weight is 257 g/mol. The Hall–Kier alpha value is 3.33. The monoisotopic (exact) mass is 256 g/mol. The van der Waals surface area contributed by atoms with Crippen LogP contribution in [-0.4, -0.2) is 34.2 Å². The Labute approximate surface area is 168 Å². The van der Waals surface area contributed by atoms with E-state index in [9.17, 15) is 4.80 Å². The Kier molecular flexibility index (Phi) is 40.2. The Morgan fingerprint density at radius 1 is 1.31 bits per heavy atom. The molecular formula is C6H18K2N2O2Si. The van der Waals surface area contributed by atoms with Crippen molar-refractivity contribution < 1.29 is 113 Å². The van der Waals surface area contributed by atoms with Gasteiger partial charge in [0.2, 0.25) is 0 Å². The van der Waals surface area contributed by atoms with Crippen LogP contribution in [0.5, 0.6) is 0 Å². The van der Waals surface area contributed by atoms with Gasteiger partial charge in [0.15, 0.2) is 0 Å². The molecule has 0 aromatic rings. The minimum atomic E-state index is -1.54. The fourth-order valence-electron chi connectivity index (χ4n) is 0.742. The zero-order chi connectivity index (χ0) is 7.82. The molecule has 0 aliphatic heterocycles. The summed E-state index contributed by atoms with van der Waals surface area (Å²) in [7, 11) is -1.54. The molecule has 7 heteroatoms. The number of rotatable bonds is 6. The van der Waals surface area contributed by atoms with E-state index in [1.807, 2.05) is 6.55 Å². The minimum Gasteiger partial charge on any atom is -0.870 e. The van der Waals surface area contributed by atoms with Gasteiger partial charge in [-0.05, 0) is 13.0 Å². The molecule has 0 bridgehead atoms. The summed E-state index contributed by atoms with van der Waals surface area (Å²) < 4.78 is 0. The second kappa shape index (κ2) is 20.7. The molecule has 1 atom stereocenters. The Morgan fingerprint density at radius 3 is 2.23 bits per heavy atom. The Morgan fingerprint density at radius 2 is 1.85 bits per heavy atom. The fraction of sp³-hybridized carbons (Fsp3) is 1.00. The first-order valence-corrected chi connectivity index (χ1v) is 6.28. The molecule has 0 amide bonds. The van der Waals surface area contributed by atoms with Crippen molar-refractivity contribution in [3.63, 3.8) is 0 Å². The molecule has 0 aliphatic carbocycles. The van der Waals surface area contributed by atoms with Crippen molar-refractivity contribution in [2.24, 2.45) is 5.73 Å². The molecule has 0 spiro atoms. The van der Waals surface area contributed by atoms with Crippen molar-refractivity contribution in [1.29, 1.82) is 0 Å². The quantitative estimate of drug-likeness (QED) is 0.365. The summed E-state index contributed by atoms with van der Waals surface area (Å²) in [5.74, 6) is 0. The molecule has 1 unspecified atom stereocenters. The van der Waals surface area contributed by atoms with Gasteiger partial charge in [0.25, 0.3) is 0 Å². The van der Waals surface area contributed by atoms with E-state index in [0.717, 1.165) is 25.6 Å². The van der Waals surface area contributed by atoms with E-state index in [1.54, 1.807) is 0 Å². The van der Waals surface area contributed by atoms with Gasteiger partial charge in [-0.2, -0.15) is 0 Å². The third-order valence-electron chi connectivity index (χ3n) is 1.29. The summed E-state index contributed by atoms with van der Waals surface area (Å²) in [5.41, 5.74) is 5.25. The Bertz CT molecular complexity index is 81.7. The van der Waals surface area contributed by atoms with Crippen LogP contribution in [0.25, 0.3) is 0 Å². The van der Waals surface area contributed by atoms with Crippen molar-refractivity contribution in [3.8, 4) is 0 Å². The van der Waals surface area contributed by atoms with E-state index in [4.69, 9.17) is 5.73 Å². The Balaban J connectivity index is -0.000000135. The zero-order valence-corrected chi connectivity index (χ0v) is 16.4. The van der Waals surface area contributed by atoms with E-state index in [1.165, 1.54) is 0 Å². The van der Waals surface area contributed by atoms with Crippen LogP contribution >= 0.6 is 0 Å². The minimum absolute atomic E-state index is 0. The van der Waals surface area contributed by atoms with Gasteiger partial charge in [-0.25, -0.2) is 0 Å². The predicted octanol–water partition coefficient (Wildman–Crippen LogP) is -7.53. The van der Waals surface area contributed by atoms with Crippen LogP contribution in [-0.2, 0) is 0 Å². The van der Waals surface area contributed by atoms with E-state index in [0.29, 0.717) is 6.54 Å². The standard InChI is InChI=1S/C6H17N2OSi.2K.H2O/c1-10(9)6-2-4-8-5-3-7;;;/h8,10H,2-7H2,1H3;;;1H2/q-1;2*+1;/p-1. The van der Waals surface area contributed by atoms with Crippen LogP contribution < -0.4 is 119 Å². The van der Waals surface area contributed by atoms with Crippen LogP contribution in [0.3, 0.4) is 0 Å². The number of nitrogens with one attached hydrogen (secondary N) is 1. The van der Waals surface area contributed by atoms with Gasteiger partial charge >= 0.3 is 103 Å². The molecule has 0 fully saturated rings. The maximum Gasteiger partial charge on any atom is 1.00 e. The van der Waals surface area contributed by atoms with Crippen LogP contribution in [0, 0.1) is 0 Å². The van der Waals surface area contributed by atoms with Gasteiger partial charge in [-0.1, -0.05) is 21.6 Å². The molecule has 70 valence electrons. The summed E-state index contributed by atoms with van der Waals surface area (Å²) in [4.78, 5) is 10.6. The SMILES string of the molecule is C[SiH]([O-])CCCNCCN.[K+].[K+].[OH-]. The van der Waals surface area contributed by atoms with E-state index >= 15 is 0 Å². The first-order chi connectivity index (χ1) is 4.77. The van der Waals surface area contributed by atoms with Crippen molar-refractivity contribution in [2.45, 2.75) is 19.0 Å². The topological polar surface area (TPSA) is 91.1 Å². The summed E-state index contributed by atoms with van der Waals surface area (Å²) in [6.45, 7) is 4.35. The van der Waals surface area contributed by atoms with E-state index in [-0.39, 0.29) is 108 Å². The smallest absolute Gasteiger partial charge is 0.870 e. The van der Waals surface area contributed by atoms with Crippen molar-refractivity contribution >= 4 is 9.04 Å². The molecule has 0 aromatic carbocycles. The first kappa shape index (κ1) is 25.2. The van der Waals surface area contributed by atoms with Crippen molar-refractivity contribution in [1.82, 2.24) is 5.32 Å². The maximum atomic E-state index is 10.6. The second-order valence-corrected chi connectivity index (χ2v) is 4.69. The summed E-state index contributed by atoms with van der Waals surface area (Å²) >= 11 is 0. The predicted molar refractivity (Wildman–Crippen MR) is 46.3 cm³/mol. The first-order valence-electron chi connectivity index (χ1n) is 3.84. The number of nitrogens with two attached hydrogens (primary N) is 1. The molecule has 0 heterocycles. The molecule has 13 heavy (non-hydrogen) atoms. The largest absolute Gasteiger partial charge is 1.00 e. The molecule has 0 aliphatic rings. The molecule has 0 rings (SSSR count). The summed E-state index contributed by atoms with van der Waals surface area (Å²) in [6.07, 6.45) is 1.02. The van der Waals surface area contributed by atoms with Crippen LogP contribution in [0.4, 0.5) is 0 Å².